The summed E-state index contributed by atoms with van der Waals surface area (Å²) in [6, 6.07) is 10.4. The zero-order valence-corrected chi connectivity index (χ0v) is 27.8. The van der Waals surface area contributed by atoms with Crippen LogP contribution in [-0.2, 0) is 34.6 Å². The molecule has 17 nitrogen and oxygen atoms in total. The molecule has 0 unspecified atom stereocenters. The number of anilines is 1. The minimum absolute atomic E-state index is 0.0497. The molecule has 3 amide bonds. The lowest BCUT2D eigenvalue weighted by Crippen LogP contribution is -2.26. The highest BCUT2D eigenvalue weighted by molar-refractivity contribution is 7.86. The SMILES string of the molecule is CNC(=O)c1nn(-c2ccccc2S(=O)(=O)O)cc1/C=C/C(=C/C=C1\C(=O)N(c2ccccc2S(=O)(=O)O)N=C1C(=O)CN)N1CCCC1=O. The fraction of sp³-hybridized carbons (Fsp3) is 0.161. The number of carbonyl (C=O) groups excluding carboxylic acids is 4. The van der Waals surface area contributed by atoms with Crippen LogP contribution in [0.15, 0.2) is 99.1 Å². The Hall–Kier alpha value is -5.60. The number of nitrogens with two attached hydrogens (primary N) is 1. The molecule has 0 saturated carbocycles. The lowest BCUT2D eigenvalue weighted by Gasteiger charge is -2.17. The number of ketones is 1. The number of carbonyl (C=O) groups is 4. The van der Waals surface area contributed by atoms with E-state index >= 15 is 0 Å². The first kappa shape index (κ1) is 35.7. The van der Waals surface area contributed by atoms with Gasteiger partial charge < -0.3 is 16.0 Å². The standard InChI is InChI=1S/C31H29N7O10S2/c1-33-30(41)28-19(18-37(34-28)22-7-2-4-9-25(22)49(43,44)45)12-13-20(36-16-6-11-27(36)40)14-15-21-29(24(39)17-32)35-38(31(21)42)23-8-3-5-10-26(23)50(46,47)48/h2-5,7-10,12-15,18H,6,11,16-17,32H2,1H3,(H,33,41)(H,43,44,45)(H,46,47,48)/b13-12+,20-14-,21-15-. The molecular formula is C31H29N7O10S2. The van der Waals surface area contributed by atoms with Crippen molar-refractivity contribution in [1.29, 1.82) is 0 Å². The van der Waals surface area contributed by atoms with Crippen LogP contribution in [0.3, 0.4) is 0 Å². The van der Waals surface area contributed by atoms with E-state index in [1.807, 2.05) is 0 Å². The summed E-state index contributed by atoms with van der Waals surface area (Å²) in [5.74, 6) is -2.59. The normalized spacial score (nSPS) is 16.5. The van der Waals surface area contributed by atoms with E-state index in [4.69, 9.17) is 5.73 Å². The maximum atomic E-state index is 13.6. The lowest BCUT2D eigenvalue weighted by molar-refractivity contribution is -0.125. The number of hydrogen-bond donors (Lipinski definition) is 4. The Labute approximate surface area is 285 Å². The summed E-state index contributed by atoms with van der Waals surface area (Å²) in [4.78, 5) is 52.3. The van der Waals surface area contributed by atoms with Gasteiger partial charge in [0.2, 0.25) is 5.91 Å². The van der Waals surface area contributed by atoms with Crippen LogP contribution in [0.25, 0.3) is 11.8 Å². The van der Waals surface area contributed by atoms with Gasteiger partial charge in [-0.1, -0.05) is 24.3 Å². The lowest BCUT2D eigenvalue weighted by atomic mass is 10.1. The van der Waals surface area contributed by atoms with Crippen LogP contribution in [0.2, 0.25) is 0 Å². The number of hydrogen-bond acceptors (Lipinski definition) is 11. The van der Waals surface area contributed by atoms with Crippen LogP contribution in [0, 0.1) is 0 Å². The summed E-state index contributed by atoms with van der Waals surface area (Å²) >= 11 is 0. The van der Waals surface area contributed by atoms with Crippen LogP contribution in [0.4, 0.5) is 5.69 Å². The molecule has 0 aliphatic carbocycles. The minimum atomic E-state index is -4.80. The molecule has 2 aliphatic heterocycles. The predicted octanol–water partition coefficient (Wildman–Crippen LogP) is 1.10. The van der Waals surface area contributed by atoms with Gasteiger partial charge in [0.25, 0.3) is 32.1 Å². The molecule has 1 fully saturated rings. The van der Waals surface area contributed by atoms with Crippen LogP contribution in [0.1, 0.15) is 28.9 Å². The number of rotatable bonds is 11. The smallest absolute Gasteiger partial charge is 0.296 e. The van der Waals surface area contributed by atoms with Crippen molar-refractivity contribution in [1.82, 2.24) is 20.0 Å². The fourth-order valence-corrected chi connectivity index (χ4v) is 6.52. The number of aromatic nitrogens is 2. The van der Waals surface area contributed by atoms with E-state index in [1.54, 1.807) is 0 Å². The molecule has 0 bridgehead atoms. The van der Waals surface area contributed by atoms with E-state index < -0.39 is 59.9 Å². The van der Waals surface area contributed by atoms with E-state index in [0.717, 1.165) is 16.8 Å². The van der Waals surface area contributed by atoms with Crippen LogP contribution < -0.4 is 16.1 Å². The molecule has 2 aromatic carbocycles. The van der Waals surface area contributed by atoms with Crippen LogP contribution >= 0.6 is 0 Å². The Bertz CT molecular complexity index is 2270. The molecular weight excluding hydrogens is 695 g/mol. The maximum Gasteiger partial charge on any atom is 0.296 e. The second-order valence-corrected chi connectivity index (χ2v) is 13.5. The second kappa shape index (κ2) is 14.1. The molecule has 0 atom stereocenters. The third-order valence-corrected chi connectivity index (χ3v) is 9.31. The highest BCUT2D eigenvalue weighted by Crippen LogP contribution is 2.31. The van der Waals surface area contributed by atoms with E-state index in [2.05, 4.69) is 15.5 Å². The van der Waals surface area contributed by atoms with Crippen molar-refractivity contribution in [3.8, 4) is 5.69 Å². The topological polar surface area (TPSA) is 252 Å². The maximum absolute atomic E-state index is 13.6. The number of Topliss-reactive ketones (excluding diaryl/α,β-unsaturated/α-hetero) is 1. The Balaban J connectivity index is 1.61. The van der Waals surface area contributed by atoms with Crippen molar-refractivity contribution >= 4 is 61.2 Å². The predicted molar refractivity (Wildman–Crippen MR) is 178 cm³/mol. The zero-order valence-electron chi connectivity index (χ0n) is 26.1. The molecule has 50 heavy (non-hydrogen) atoms. The Morgan fingerprint density at radius 2 is 1.60 bits per heavy atom. The second-order valence-electron chi connectivity index (χ2n) is 10.7. The average Bonchev–Trinajstić information content (AvgIpc) is 3.80. The van der Waals surface area contributed by atoms with E-state index in [9.17, 15) is 45.1 Å². The first-order valence-corrected chi connectivity index (χ1v) is 17.6. The Morgan fingerprint density at radius 1 is 0.980 bits per heavy atom. The molecule has 5 rings (SSSR count). The molecule has 0 radical (unpaired) electrons. The van der Waals surface area contributed by atoms with Gasteiger partial charge in [0.05, 0.1) is 23.5 Å². The summed E-state index contributed by atoms with van der Waals surface area (Å²) < 4.78 is 68.6. The number of para-hydroxylation sites is 2. The van der Waals surface area contributed by atoms with Crippen molar-refractivity contribution in [2.24, 2.45) is 10.8 Å². The number of likely N-dealkylation sites (tertiary alicyclic amines) is 1. The number of nitrogens with one attached hydrogen (secondary N) is 1. The number of benzene rings is 2. The van der Waals surface area contributed by atoms with Crippen LogP contribution in [-0.4, -0.2) is 90.0 Å². The first-order valence-electron chi connectivity index (χ1n) is 14.7. The Kier molecular flexibility index (Phi) is 10.1. The van der Waals surface area contributed by atoms with Gasteiger partial charge in [-0.15, -0.1) is 0 Å². The van der Waals surface area contributed by atoms with Crippen molar-refractivity contribution < 1.29 is 45.1 Å². The number of nitrogens with zero attached hydrogens (tertiary/aromatic N) is 5. The van der Waals surface area contributed by atoms with Crippen molar-refractivity contribution in [2.75, 3.05) is 25.1 Å². The van der Waals surface area contributed by atoms with Gasteiger partial charge in [0.1, 0.15) is 15.5 Å². The van der Waals surface area contributed by atoms with Crippen molar-refractivity contribution in [3.63, 3.8) is 0 Å². The van der Waals surface area contributed by atoms with Crippen molar-refractivity contribution in [3.05, 3.63) is 95.5 Å². The van der Waals surface area contributed by atoms with Gasteiger partial charge in [0, 0.05) is 37.5 Å². The average molecular weight is 724 g/mol. The summed E-state index contributed by atoms with van der Waals surface area (Å²) in [5, 5.41) is 11.3. The fourth-order valence-electron chi connectivity index (χ4n) is 5.17. The van der Waals surface area contributed by atoms with Gasteiger partial charge in [0.15, 0.2) is 11.5 Å². The summed E-state index contributed by atoms with van der Waals surface area (Å²) in [6.45, 7) is -0.267. The molecule has 1 saturated heterocycles. The molecule has 0 spiro atoms. The molecule has 5 N–H and O–H groups in total. The quantitative estimate of drug-likeness (QED) is 0.123. The van der Waals surface area contributed by atoms with E-state index in [0.29, 0.717) is 11.4 Å². The highest BCUT2D eigenvalue weighted by Gasteiger charge is 2.36. The zero-order chi connectivity index (χ0) is 36.4. The van der Waals surface area contributed by atoms with Gasteiger partial charge >= 0.3 is 0 Å². The largest absolute Gasteiger partial charge is 0.354 e. The molecule has 19 heteroatoms. The molecule has 1 aromatic heterocycles. The van der Waals surface area contributed by atoms with E-state index in [1.165, 1.54) is 78.8 Å². The number of amides is 3. The third-order valence-electron chi connectivity index (χ3n) is 7.51. The first-order chi connectivity index (χ1) is 23.6. The Morgan fingerprint density at radius 3 is 2.18 bits per heavy atom. The summed E-state index contributed by atoms with van der Waals surface area (Å²) in [7, 11) is -8.12. The third kappa shape index (κ3) is 7.21. The van der Waals surface area contributed by atoms with Crippen molar-refractivity contribution in [2.45, 2.75) is 22.6 Å². The van der Waals surface area contributed by atoms with E-state index in [-0.39, 0.29) is 52.8 Å². The monoisotopic (exact) mass is 723 g/mol. The number of hydrazone groups is 1. The minimum Gasteiger partial charge on any atom is -0.354 e. The highest BCUT2D eigenvalue weighted by atomic mass is 32.2. The summed E-state index contributed by atoms with van der Waals surface area (Å²) in [6.07, 6.45) is 7.48. The van der Waals surface area contributed by atoms with Gasteiger partial charge in [-0.2, -0.15) is 32.0 Å². The van der Waals surface area contributed by atoms with Gasteiger partial charge in [-0.25, -0.2) is 4.68 Å². The molecule has 3 heterocycles. The molecule has 3 aromatic rings. The molecule has 2 aliphatic rings. The van der Waals surface area contributed by atoms with Crippen LogP contribution in [0.5, 0.6) is 0 Å². The van der Waals surface area contributed by atoms with Gasteiger partial charge in [-0.3, -0.25) is 28.3 Å². The number of allylic oxidation sites excluding steroid dienone is 3. The molecule has 260 valence electrons. The summed E-state index contributed by atoms with van der Waals surface area (Å²) in [5.41, 5.74) is 4.75. The van der Waals surface area contributed by atoms with Gasteiger partial charge in [-0.05, 0) is 55.0 Å².